The number of primary amides is 1. The Hall–Kier alpha value is -2.76. The van der Waals surface area contributed by atoms with Crippen LogP contribution in [-0.2, 0) is 12.8 Å². The van der Waals surface area contributed by atoms with Gasteiger partial charge < -0.3 is 10.5 Å². The van der Waals surface area contributed by atoms with Gasteiger partial charge in [0, 0.05) is 18.4 Å². The maximum atomic E-state index is 14.2. The number of fused-ring (bicyclic) bond motifs is 1. The Bertz CT molecular complexity index is 818. The molecule has 0 radical (unpaired) electrons. The standard InChI is InChI=1S/C17H13F2NO3/c18-14-6-9(1-2-10(14)8-21)5-11-7-13(17(20)22)15(19)12-3-4-23-16(11)12/h1-2,6-8H,3-5H2,(H2,20,22). The van der Waals surface area contributed by atoms with Gasteiger partial charge in [-0.2, -0.15) is 0 Å². The summed E-state index contributed by atoms with van der Waals surface area (Å²) in [6, 6.07) is 5.55. The van der Waals surface area contributed by atoms with Gasteiger partial charge in [-0.25, -0.2) is 8.78 Å². The summed E-state index contributed by atoms with van der Waals surface area (Å²) in [4.78, 5) is 22.1. The Balaban J connectivity index is 2.05. The third kappa shape index (κ3) is 2.67. The lowest BCUT2D eigenvalue weighted by Gasteiger charge is -2.12. The number of hydrogen-bond donors (Lipinski definition) is 1. The number of benzene rings is 2. The number of carbonyl (C=O) groups excluding carboxylic acids is 2. The lowest BCUT2D eigenvalue weighted by atomic mass is 9.96. The van der Waals surface area contributed by atoms with Gasteiger partial charge in [-0.05, 0) is 29.3 Å². The van der Waals surface area contributed by atoms with Crippen molar-refractivity contribution in [2.75, 3.05) is 6.61 Å². The van der Waals surface area contributed by atoms with Crippen LogP contribution in [0.25, 0.3) is 0 Å². The lowest BCUT2D eigenvalue weighted by Crippen LogP contribution is -2.15. The monoisotopic (exact) mass is 317 g/mol. The van der Waals surface area contributed by atoms with E-state index in [1.165, 1.54) is 18.2 Å². The third-order valence-corrected chi connectivity index (χ3v) is 3.84. The zero-order valence-electron chi connectivity index (χ0n) is 12.1. The molecule has 0 saturated heterocycles. The summed E-state index contributed by atoms with van der Waals surface area (Å²) in [5.74, 6) is -1.77. The fraction of sp³-hybridized carbons (Fsp3) is 0.176. The molecule has 1 heterocycles. The minimum atomic E-state index is -0.860. The second-order valence-electron chi connectivity index (χ2n) is 5.32. The van der Waals surface area contributed by atoms with Crippen LogP contribution in [0.2, 0.25) is 0 Å². The second-order valence-corrected chi connectivity index (χ2v) is 5.32. The fourth-order valence-electron chi connectivity index (χ4n) is 2.72. The molecular formula is C17H13F2NO3. The lowest BCUT2D eigenvalue weighted by molar-refractivity contribution is 0.0995. The molecule has 6 heteroatoms. The first-order chi connectivity index (χ1) is 11.0. The number of halogens is 2. The molecule has 0 bridgehead atoms. The zero-order chi connectivity index (χ0) is 16.6. The van der Waals surface area contributed by atoms with Gasteiger partial charge in [0.25, 0.3) is 5.91 Å². The summed E-state index contributed by atoms with van der Waals surface area (Å²) in [7, 11) is 0. The van der Waals surface area contributed by atoms with Crippen molar-refractivity contribution in [1.29, 1.82) is 0 Å². The minimum absolute atomic E-state index is 0.0350. The van der Waals surface area contributed by atoms with Crippen LogP contribution in [-0.4, -0.2) is 18.8 Å². The Labute approximate surface area is 130 Å². The summed E-state index contributed by atoms with van der Waals surface area (Å²) in [6.45, 7) is 0.319. The topological polar surface area (TPSA) is 69.4 Å². The van der Waals surface area contributed by atoms with Gasteiger partial charge in [-0.3, -0.25) is 9.59 Å². The SMILES string of the molecule is NC(=O)c1cc(Cc2ccc(C=O)c(F)c2)c2c(c1F)CCO2. The van der Waals surface area contributed by atoms with Crippen molar-refractivity contribution >= 4 is 12.2 Å². The van der Waals surface area contributed by atoms with E-state index < -0.39 is 17.5 Å². The molecular weight excluding hydrogens is 304 g/mol. The van der Waals surface area contributed by atoms with Gasteiger partial charge in [-0.15, -0.1) is 0 Å². The van der Waals surface area contributed by atoms with E-state index >= 15 is 0 Å². The molecule has 0 fully saturated rings. The van der Waals surface area contributed by atoms with Gasteiger partial charge in [-0.1, -0.05) is 6.07 Å². The highest BCUT2D eigenvalue weighted by molar-refractivity contribution is 5.94. The molecule has 1 aliphatic heterocycles. The highest BCUT2D eigenvalue weighted by Gasteiger charge is 2.25. The smallest absolute Gasteiger partial charge is 0.251 e. The largest absolute Gasteiger partial charge is 0.493 e. The quantitative estimate of drug-likeness (QED) is 0.880. The van der Waals surface area contributed by atoms with Crippen molar-refractivity contribution in [2.45, 2.75) is 12.8 Å². The van der Waals surface area contributed by atoms with Crippen LogP contribution < -0.4 is 10.5 Å². The van der Waals surface area contributed by atoms with Crippen LogP contribution in [0.3, 0.4) is 0 Å². The van der Waals surface area contributed by atoms with Crippen LogP contribution >= 0.6 is 0 Å². The van der Waals surface area contributed by atoms with Gasteiger partial charge in [0.15, 0.2) is 6.29 Å². The van der Waals surface area contributed by atoms with Crippen LogP contribution in [0.4, 0.5) is 8.78 Å². The highest BCUT2D eigenvalue weighted by Crippen LogP contribution is 2.35. The molecule has 0 aromatic heterocycles. The number of nitrogens with two attached hydrogens (primary N) is 1. The van der Waals surface area contributed by atoms with E-state index in [4.69, 9.17) is 10.5 Å². The van der Waals surface area contributed by atoms with E-state index in [0.29, 0.717) is 41.8 Å². The number of amides is 1. The van der Waals surface area contributed by atoms with Crippen LogP contribution in [0.15, 0.2) is 24.3 Å². The van der Waals surface area contributed by atoms with E-state index in [-0.39, 0.29) is 17.5 Å². The molecule has 0 saturated carbocycles. The molecule has 1 aliphatic rings. The Morgan fingerprint density at radius 2 is 2.09 bits per heavy atom. The number of rotatable bonds is 4. The predicted octanol–water partition coefficient (Wildman–Crippen LogP) is 2.40. The van der Waals surface area contributed by atoms with E-state index in [9.17, 15) is 18.4 Å². The molecule has 2 N–H and O–H groups in total. The maximum Gasteiger partial charge on any atom is 0.251 e. The Morgan fingerprint density at radius 3 is 2.74 bits per heavy atom. The molecule has 2 aromatic carbocycles. The average molecular weight is 317 g/mol. The van der Waals surface area contributed by atoms with Crippen molar-refractivity contribution in [3.05, 3.63) is 63.7 Å². The van der Waals surface area contributed by atoms with Crippen molar-refractivity contribution in [3.63, 3.8) is 0 Å². The number of carbonyl (C=O) groups is 2. The van der Waals surface area contributed by atoms with Gasteiger partial charge in [0.1, 0.15) is 17.4 Å². The highest BCUT2D eigenvalue weighted by atomic mass is 19.1. The van der Waals surface area contributed by atoms with Crippen molar-refractivity contribution in [1.82, 2.24) is 0 Å². The summed E-state index contributed by atoms with van der Waals surface area (Å²) in [6.07, 6.45) is 1.02. The second kappa shape index (κ2) is 5.79. The van der Waals surface area contributed by atoms with Crippen molar-refractivity contribution in [2.24, 2.45) is 5.73 Å². The van der Waals surface area contributed by atoms with Gasteiger partial charge in [0.2, 0.25) is 0 Å². The van der Waals surface area contributed by atoms with E-state index in [1.807, 2.05) is 0 Å². The summed E-state index contributed by atoms with van der Waals surface area (Å²) >= 11 is 0. The van der Waals surface area contributed by atoms with Gasteiger partial charge >= 0.3 is 0 Å². The molecule has 0 spiro atoms. The molecule has 23 heavy (non-hydrogen) atoms. The summed E-state index contributed by atoms with van der Waals surface area (Å²) in [5, 5.41) is 0. The summed E-state index contributed by atoms with van der Waals surface area (Å²) < 4.78 is 33.4. The fourth-order valence-corrected chi connectivity index (χ4v) is 2.72. The number of ether oxygens (including phenoxy) is 1. The van der Waals surface area contributed by atoms with Gasteiger partial charge in [0.05, 0.1) is 17.7 Å². The van der Waals surface area contributed by atoms with Crippen LogP contribution in [0.5, 0.6) is 5.75 Å². The molecule has 0 atom stereocenters. The summed E-state index contributed by atoms with van der Waals surface area (Å²) in [5.41, 5.74) is 6.44. The minimum Gasteiger partial charge on any atom is -0.493 e. The first kappa shape index (κ1) is 15.1. The average Bonchev–Trinajstić information content (AvgIpc) is 3.00. The molecule has 4 nitrogen and oxygen atoms in total. The first-order valence-electron chi connectivity index (χ1n) is 7.01. The number of aldehydes is 1. The van der Waals surface area contributed by atoms with Crippen molar-refractivity contribution < 1.29 is 23.1 Å². The molecule has 2 aromatic rings. The Morgan fingerprint density at radius 1 is 1.30 bits per heavy atom. The van der Waals surface area contributed by atoms with E-state index in [1.54, 1.807) is 6.07 Å². The zero-order valence-corrected chi connectivity index (χ0v) is 12.1. The van der Waals surface area contributed by atoms with Crippen LogP contribution in [0.1, 0.15) is 37.4 Å². The Kier molecular flexibility index (Phi) is 3.82. The maximum absolute atomic E-state index is 14.2. The van der Waals surface area contributed by atoms with E-state index in [2.05, 4.69) is 0 Å². The van der Waals surface area contributed by atoms with Crippen LogP contribution in [0, 0.1) is 11.6 Å². The normalized spacial score (nSPS) is 12.6. The molecule has 1 amide bonds. The first-order valence-corrected chi connectivity index (χ1v) is 7.01. The third-order valence-electron chi connectivity index (χ3n) is 3.84. The van der Waals surface area contributed by atoms with Crippen molar-refractivity contribution in [3.8, 4) is 5.75 Å². The molecule has 3 rings (SSSR count). The van der Waals surface area contributed by atoms with E-state index in [0.717, 1.165) is 0 Å². The molecule has 118 valence electrons. The molecule has 0 unspecified atom stereocenters. The molecule has 0 aliphatic carbocycles. The predicted molar refractivity (Wildman–Crippen MR) is 78.7 cm³/mol. The number of hydrogen-bond acceptors (Lipinski definition) is 3.